The first-order valence-electron chi connectivity index (χ1n) is 7.98. The standard InChI is InChI=1S/C17H16Cl2F2N2O3S/c1-23-5-4-11(9-23)26-16-6-10(2-3-12(16)18)22-27(24,25)17-7-13(19)14(20)8-15(17)21/h2-3,6-8,11,22H,4-5,9H2,1H3/t11-/m0/s1. The Balaban J connectivity index is 1.85. The summed E-state index contributed by atoms with van der Waals surface area (Å²) in [5, 5.41) is -0.175. The Kier molecular flexibility index (Phi) is 5.81. The summed E-state index contributed by atoms with van der Waals surface area (Å²) >= 11 is 11.7. The van der Waals surface area contributed by atoms with Crippen molar-refractivity contribution in [3.05, 3.63) is 52.0 Å². The number of likely N-dealkylation sites (tertiary alicyclic amines) is 1. The highest BCUT2D eigenvalue weighted by molar-refractivity contribution is 7.92. The monoisotopic (exact) mass is 436 g/mol. The Labute approximate surface area is 165 Å². The van der Waals surface area contributed by atoms with E-state index in [0.717, 1.165) is 25.6 Å². The average Bonchev–Trinajstić information content (AvgIpc) is 2.98. The van der Waals surface area contributed by atoms with Crippen LogP contribution in [0, 0.1) is 11.6 Å². The number of ether oxygens (including phenoxy) is 1. The molecular formula is C17H16Cl2F2N2O3S. The predicted octanol–water partition coefficient (Wildman–Crippen LogP) is 4.16. The minimum atomic E-state index is -4.33. The van der Waals surface area contributed by atoms with Crippen molar-refractivity contribution in [3.63, 3.8) is 0 Å². The maximum absolute atomic E-state index is 13.9. The van der Waals surface area contributed by atoms with Crippen molar-refractivity contribution in [2.24, 2.45) is 0 Å². The van der Waals surface area contributed by atoms with E-state index in [0.29, 0.717) is 16.8 Å². The first-order chi connectivity index (χ1) is 12.7. The zero-order chi connectivity index (χ0) is 19.8. The molecule has 0 amide bonds. The molecule has 1 heterocycles. The molecule has 0 aliphatic carbocycles. The minimum absolute atomic E-state index is 0.0623. The molecule has 0 saturated carbocycles. The highest BCUT2D eigenvalue weighted by Gasteiger charge is 2.24. The molecule has 1 fully saturated rings. The molecular weight excluding hydrogens is 421 g/mol. The molecule has 1 atom stereocenters. The number of sulfonamides is 1. The molecule has 1 saturated heterocycles. The lowest BCUT2D eigenvalue weighted by molar-refractivity contribution is 0.208. The maximum atomic E-state index is 13.9. The third-order valence-electron chi connectivity index (χ3n) is 4.09. The van der Waals surface area contributed by atoms with E-state index in [1.165, 1.54) is 18.2 Å². The van der Waals surface area contributed by atoms with Crippen LogP contribution in [-0.2, 0) is 10.0 Å². The topological polar surface area (TPSA) is 58.6 Å². The van der Waals surface area contributed by atoms with Gasteiger partial charge in [-0.25, -0.2) is 17.2 Å². The number of hydrogen-bond donors (Lipinski definition) is 1. The van der Waals surface area contributed by atoms with Crippen LogP contribution in [0.2, 0.25) is 10.0 Å². The number of likely N-dealkylation sites (N-methyl/N-ethyl adjacent to an activating group) is 1. The van der Waals surface area contributed by atoms with Crippen LogP contribution < -0.4 is 9.46 Å². The summed E-state index contributed by atoms with van der Waals surface area (Å²) < 4.78 is 60.2. The lowest BCUT2D eigenvalue weighted by Gasteiger charge is -2.16. The summed E-state index contributed by atoms with van der Waals surface area (Å²) in [7, 11) is -2.36. The number of nitrogens with one attached hydrogen (secondary N) is 1. The van der Waals surface area contributed by atoms with Crippen LogP contribution in [0.25, 0.3) is 0 Å². The Morgan fingerprint density at radius 3 is 2.56 bits per heavy atom. The Bertz CT molecular complexity index is 973. The van der Waals surface area contributed by atoms with Gasteiger partial charge in [0.1, 0.15) is 28.4 Å². The summed E-state index contributed by atoms with van der Waals surface area (Å²) in [5.74, 6) is -1.98. The number of anilines is 1. The average molecular weight is 437 g/mol. The summed E-state index contributed by atoms with van der Waals surface area (Å²) in [6.07, 6.45) is 0.759. The van der Waals surface area contributed by atoms with Crippen molar-refractivity contribution in [2.45, 2.75) is 17.4 Å². The fourth-order valence-electron chi connectivity index (χ4n) is 2.75. The van der Waals surface area contributed by atoms with Gasteiger partial charge in [-0.3, -0.25) is 4.72 Å². The van der Waals surface area contributed by atoms with Crippen LogP contribution in [-0.4, -0.2) is 39.6 Å². The molecule has 10 heteroatoms. The fourth-order valence-corrected chi connectivity index (χ4v) is 4.27. The van der Waals surface area contributed by atoms with E-state index in [1.807, 2.05) is 7.05 Å². The van der Waals surface area contributed by atoms with Crippen LogP contribution in [0.1, 0.15) is 6.42 Å². The molecule has 0 radical (unpaired) electrons. The van der Waals surface area contributed by atoms with E-state index in [2.05, 4.69) is 9.62 Å². The van der Waals surface area contributed by atoms with Gasteiger partial charge in [0.2, 0.25) is 0 Å². The van der Waals surface area contributed by atoms with E-state index >= 15 is 0 Å². The van der Waals surface area contributed by atoms with Crippen molar-refractivity contribution >= 4 is 38.9 Å². The second-order valence-corrected chi connectivity index (χ2v) is 8.70. The van der Waals surface area contributed by atoms with Gasteiger partial charge >= 0.3 is 0 Å². The highest BCUT2D eigenvalue weighted by Crippen LogP contribution is 2.32. The molecule has 2 aromatic carbocycles. The molecule has 0 unspecified atom stereocenters. The van der Waals surface area contributed by atoms with Crippen LogP contribution in [0.4, 0.5) is 14.5 Å². The number of halogens is 4. The maximum Gasteiger partial charge on any atom is 0.264 e. The second kappa shape index (κ2) is 7.79. The van der Waals surface area contributed by atoms with Gasteiger partial charge < -0.3 is 9.64 Å². The second-order valence-electron chi connectivity index (χ2n) is 6.24. The normalized spacial score (nSPS) is 17.9. The van der Waals surface area contributed by atoms with Crippen molar-refractivity contribution < 1.29 is 21.9 Å². The van der Waals surface area contributed by atoms with Gasteiger partial charge in [-0.1, -0.05) is 23.2 Å². The molecule has 146 valence electrons. The zero-order valence-corrected chi connectivity index (χ0v) is 16.5. The minimum Gasteiger partial charge on any atom is -0.487 e. The van der Waals surface area contributed by atoms with Gasteiger partial charge in [0.25, 0.3) is 10.0 Å². The van der Waals surface area contributed by atoms with Gasteiger partial charge in [-0.15, -0.1) is 0 Å². The molecule has 1 aliphatic rings. The van der Waals surface area contributed by atoms with E-state index in [4.69, 9.17) is 27.9 Å². The van der Waals surface area contributed by atoms with E-state index in [-0.39, 0.29) is 11.8 Å². The van der Waals surface area contributed by atoms with Crippen molar-refractivity contribution in [1.82, 2.24) is 4.90 Å². The summed E-state index contributed by atoms with van der Waals surface area (Å²) in [6, 6.07) is 5.44. The van der Waals surface area contributed by atoms with Gasteiger partial charge in [0.05, 0.1) is 15.7 Å². The molecule has 5 nitrogen and oxygen atoms in total. The van der Waals surface area contributed by atoms with Crippen LogP contribution >= 0.6 is 23.2 Å². The van der Waals surface area contributed by atoms with Crippen molar-refractivity contribution in [1.29, 1.82) is 0 Å². The number of rotatable bonds is 5. The predicted molar refractivity (Wildman–Crippen MR) is 100 cm³/mol. The number of hydrogen-bond acceptors (Lipinski definition) is 4. The molecule has 0 aromatic heterocycles. The zero-order valence-electron chi connectivity index (χ0n) is 14.2. The SMILES string of the molecule is CN1CC[C@H](Oc2cc(NS(=O)(=O)c3cc(Cl)c(F)cc3F)ccc2Cl)C1. The molecule has 1 N–H and O–H groups in total. The van der Waals surface area contributed by atoms with Crippen LogP contribution in [0.3, 0.4) is 0 Å². The third-order valence-corrected chi connectivity index (χ3v) is 6.09. The summed E-state index contributed by atoms with van der Waals surface area (Å²) in [4.78, 5) is 1.34. The van der Waals surface area contributed by atoms with Crippen molar-refractivity contribution in [3.8, 4) is 5.75 Å². The van der Waals surface area contributed by atoms with Gasteiger partial charge in [-0.2, -0.15) is 0 Å². The molecule has 3 rings (SSSR count). The molecule has 0 spiro atoms. The van der Waals surface area contributed by atoms with E-state index in [1.54, 1.807) is 0 Å². The lowest BCUT2D eigenvalue weighted by atomic mass is 10.3. The van der Waals surface area contributed by atoms with Crippen molar-refractivity contribution in [2.75, 3.05) is 24.9 Å². The van der Waals surface area contributed by atoms with Crippen LogP contribution in [0.5, 0.6) is 5.75 Å². The first kappa shape index (κ1) is 20.1. The summed E-state index contributed by atoms with van der Waals surface area (Å²) in [6.45, 7) is 1.62. The Hall–Kier alpha value is -1.61. The molecule has 1 aliphatic heterocycles. The smallest absolute Gasteiger partial charge is 0.264 e. The quantitative estimate of drug-likeness (QED) is 0.714. The first-order valence-corrected chi connectivity index (χ1v) is 10.2. The van der Waals surface area contributed by atoms with E-state index < -0.39 is 31.6 Å². The van der Waals surface area contributed by atoms with Gasteiger partial charge in [-0.05, 0) is 31.7 Å². The van der Waals surface area contributed by atoms with Gasteiger partial charge in [0.15, 0.2) is 0 Å². The summed E-state index contributed by atoms with van der Waals surface area (Å²) in [5.41, 5.74) is 0.126. The molecule has 2 aromatic rings. The van der Waals surface area contributed by atoms with Crippen LogP contribution in [0.15, 0.2) is 35.2 Å². The fraction of sp³-hybridized carbons (Fsp3) is 0.294. The number of nitrogens with zero attached hydrogens (tertiary/aromatic N) is 1. The molecule has 0 bridgehead atoms. The number of benzene rings is 2. The molecule has 27 heavy (non-hydrogen) atoms. The largest absolute Gasteiger partial charge is 0.487 e. The van der Waals surface area contributed by atoms with Gasteiger partial charge in [0, 0.05) is 25.2 Å². The Morgan fingerprint density at radius 2 is 1.89 bits per heavy atom. The Morgan fingerprint density at radius 1 is 1.15 bits per heavy atom. The van der Waals surface area contributed by atoms with E-state index in [9.17, 15) is 17.2 Å². The highest BCUT2D eigenvalue weighted by atomic mass is 35.5. The lowest BCUT2D eigenvalue weighted by Crippen LogP contribution is -2.21. The third kappa shape index (κ3) is 4.63.